The molecule has 1 aromatic carbocycles. The van der Waals surface area contributed by atoms with Crippen LogP contribution in [0.1, 0.15) is 31.1 Å². The first-order valence-electron chi connectivity index (χ1n) is 5.47. The third-order valence-electron chi connectivity index (χ3n) is 2.51. The number of rotatable bonds is 4. The van der Waals surface area contributed by atoms with E-state index in [2.05, 4.69) is 0 Å². The second-order valence-electron chi connectivity index (χ2n) is 4.17. The van der Waals surface area contributed by atoms with Gasteiger partial charge in [0.05, 0.1) is 6.54 Å². The molecular formula is C13H16ClNO2. The normalized spacial score (nSPS) is 10.4. The number of Topliss-reactive ketones (excluding diaryl/α,β-unsaturated/α-hetero) is 1. The zero-order valence-electron chi connectivity index (χ0n) is 10.2. The van der Waals surface area contributed by atoms with E-state index in [4.69, 9.17) is 11.6 Å². The standard InChI is InChI=1S/C13H16ClNO2/c1-9(2)15(10(3)16)8-13(17)11-4-6-12(14)7-5-11/h4-7,9H,8H2,1-3H3. The van der Waals surface area contributed by atoms with Gasteiger partial charge in [0.1, 0.15) is 0 Å². The maximum absolute atomic E-state index is 11.9. The summed E-state index contributed by atoms with van der Waals surface area (Å²) < 4.78 is 0. The lowest BCUT2D eigenvalue weighted by molar-refractivity contribution is -0.129. The number of hydrogen-bond acceptors (Lipinski definition) is 2. The van der Waals surface area contributed by atoms with Gasteiger partial charge in [-0.15, -0.1) is 0 Å². The summed E-state index contributed by atoms with van der Waals surface area (Å²) in [5.74, 6) is -0.173. The molecule has 0 aliphatic heterocycles. The first kappa shape index (κ1) is 13.7. The fourth-order valence-corrected chi connectivity index (χ4v) is 1.67. The quantitative estimate of drug-likeness (QED) is 0.774. The molecule has 0 saturated carbocycles. The van der Waals surface area contributed by atoms with Crippen molar-refractivity contribution in [3.05, 3.63) is 34.9 Å². The topological polar surface area (TPSA) is 37.4 Å². The highest BCUT2D eigenvalue weighted by Crippen LogP contribution is 2.11. The molecule has 4 heteroatoms. The van der Waals surface area contributed by atoms with Crippen molar-refractivity contribution in [2.75, 3.05) is 6.54 Å². The van der Waals surface area contributed by atoms with Gasteiger partial charge in [0.25, 0.3) is 0 Å². The summed E-state index contributed by atoms with van der Waals surface area (Å²) >= 11 is 5.75. The Kier molecular flexibility index (Phi) is 4.70. The van der Waals surface area contributed by atoms with Crippen molar-refractivity contribution in [2.45, 2.75) is 26.8 Å². The van der Waals surface area contributed by atoms with Gasteiger partial charge >= 0.3 is 0 Å². The Bertz CT molecular complexity index is 412. The average molecular weight is 254 g/mol. The molecule has 0 bridgehead atoms. The Hall–Kier alpha value is -1.35. The second-order valence-corrected chi connectivity index (χ2v) is 4.61. The van der Waals surface area contributed by atoms with E-state index in [1.165, 1.54) is 11.8 Å². The average Bonchev–Trinajstić information content (AvgIpc) is 2.25. The lowest BCUT2D eigenvalue weighted by Crippen LogP contribution is -2.39. The molecule has 0 aliphatic carbocycles. The van der Waals surface area contributed by atoms with Crippen LogP contribution in [0.15, 0.2) is 24.3 Å². The number of carbonyl (C=O) groups excluding carboxylic acids is 2. The third kappa shape index (κ3) is 3.86. The minimum absolute atomic E-state index is 0.0174. The fourth-order valence-electron chi connectivity index (χ4n) is 1.54. The molecule has 0 aliphatic rings. The lowest BCUT2D eigenvalue weighted by atomic mass is 10.1. The molecule has 0 unspecified atom stereocenters. The van der Waals surface area contributed by atoms with E-state index in [0.29, 0.717) is 10.6 Å². The number of nitrogens with zero attached hydrogens (tertiary/aromatic N) is 1. The molecule has 92 valence electrons. The molecule has 17 heavy (non-hydrogen) atoms. The molecule has 0 saturated heterocycles. The highest BCUT2D eigenvalue weighted by atomic mass is 35.5. The molecule has 1 aromatic rings. The molecular weight excluding hydrogens is 238 g/mol. The molecule has 1 rings (SSSR count). The van der Waals surface area contributed by atoms with Gasteiger partial charge in [-0.05, 0) is 38.1 Å². The van der Waals surface area contributed by atoms with E-state index in [1.807, 2.05) is 13.8 Å². The first-order valence-corrected chi connectivity index (χ1v) is 5.85. The van der Waals surface area contributed by atoms with Gasteiger partial charge in [-0.25, -0.2) is 0 Å². The van der Waals surface area contributed by atoms with Crippen LogP contribution in [0.5, 0.6) is 0 Å². The summed E-state index contributed by atoms with van der Waals surface area (Å²) in [7, 11) is 0. The smallest absolute Gasteiger partial charge is 0.220 e. The van der Waals surface area contributed by atoms with E-state index >= 15 is 0 Å². The van der Waals surface area contributed by atoms with Crippen LogP contribution < -0.4 is 0 Å². The van der Waals surface area contributed by atoms with Crippen LogP contribution in [0.2, 0.25) is 5.02 Å². The molecule has 0 atom stereocenters. The number of halogens is 1. The predicted octanol–water partition coefficient (Wildman–Crippen LogP) is 2.78. The first-order chi connectivity index (χ1) is 7.91. The molecule has 1 amide bonds. The maximum Gasteiger partial charge on any atom is 0.220 e. The fraction of sp³-hybridized carbons (Fsp3) is 0.385. The molecule has 0 N–H and O–H groups in total. The van der Waals surface area contributed by atoms with Gasteiger partial charge < -0.3 is 4.90 Å². The summed E-state index contributed by atoms with van der Waals surface area (Å²) in [6.07, 6.45) is 0. The van der Waals surface area contributed by atoms with Crippen LogP contribution in [0.3, 0.4) is 0 Å². The molecule has 0 heterocycles. The van der Waals surface area contributed by atoms with Crippen LogP contribution in [0.4, 0.5) is 0 Å². The van der Waals surface area contributed by atoms with Gasteiger partial charge in [-0.3, -0.25) is 9.59 Å². The van der Waals surface area contributed by atoms with E-state index in [9.17, 15) is 9.59 Å². The minimum Gasteiger partial charge on any atom is -0.333 e. The van der Waals surface area contributed by atoms with Gasteiger partial charge in [-0.1, -0.05) is 11.6 Å². The minimum atomic E-state index is -0.0951. The number of amides is 1. The number of carbonyl (C=O) groups is 2. The molecule has 0 aromatic heterocycles. The summed E-state index contributed by atoms with van der Waals surface area (Å²) in [5, 5.41) is 0.592. The lowest BCUT2D eigenvalue weighted by Gasteiger charge is -2.24. The van der Waals surface area contributed by atoms with Gasteiger partial charge in [-0.2, -0.15) is 0 Å². The Balaban J connectivity index is 2.77. The van der Waals surface area contributed by atoms with Gasteiger partial charge in [0.15, 0.2) is 5.78 Å². The van der Waals surface area contributed by atoms with Crippen molar-refractivity contribution < 1.29 is 9.59 Å². The summed E-state index contributed by atoms with van der Waals surface area (Å²) in [6.45, 7) is 5.34. The van der Waals surface area contributed by atoms with E-state index < -0.39 is 0 Å². The summed E-state index contributed by atoms with van der Waals surface area (Å²) in [6, 6.07) is 6.70. The van der Waals surface area contributed by atoms with Crippen LogP contribution in [0.25, 0.3) is 0 Å². The Morgan fingerprint density at radius 2 is 1.76 bits per heavy atom. The monoisotopic (exact) mass is 253 g/mol. The van der Waals surface area contributed by atoms with Gasteiger partial charge in [0.2, 0.25) is 5.91 Å². The van der Waals surface area contributed by atoms with Crippen molar-refractivity contribution in [1.82, 2.24) is 4.90 Å². The predicted molar refractivity (Wildman–Crippen MR) is 68.3 cm³/mol. The Labute approximate surface area is 106 Å². The number of benzene rings is 1. The Morgan fingerprint density at radius 1 is 1.24 bits per heavy atom. The van der Waals surface area contributed by atoms with Crippen LogP contribution >= 0.6 is 11.6 Å². The van der Waals surface area contributed by atoms with Crippen molar-refractivity contribution in [3.63, 3.8) is 0 Å². The van der Waals surface area contributed by atoms with Crippen LogP contribution in [-0.2, 0) is 4.79 Å². The zero-order valence-corrected chi connectivity index (χ0v) is 11.0. The van der Waals surface area contributed by atoms with Crippen molar-refractivity contribution in [3.8, 4) is 0 Å². The zero-order chi connectivity index (χ0) is 13.0. The van der Waals surface area contributed by atoms with Crippen LogP contribution in [0, 0.1) is 0 Å². The molecule has 0 spiro atoms. The molecule has 0 fully saturated rings. The highest BCUT2D eigenvalue weighted by molar-refractivity contribution is 6.30. The van der Waals surface area contributed by atoms with Crippen LogP contribution in [-0.4, -0.2) is 29.2 Å². The van der Waals surface area contributed by atoms with Crippen molar-refractivity contribution >= 4 is 23.3 Å². The van der Waals surface area contributed by atoms with Gasteiger partial charge in [0, 0.05) is 23.6 Å². The summed E-state index contributed by atoms with van der Waals surface area (Å²) in [4.78, 5) is 24.8. The van der Waals surface area contributed by atoms with Crippen molar-refractivity contribution in [1.29, 1.82) is 0 Å². The van der Waals surface area contributed by atoms with E-state index in [0.717, 1.165) is 0 Å². The highest BCUT2D eigenvalue weighted by Gasteiger charge is 2.17. The van der Waals surface area contributed by atoms with E-state index in [-0.39, 0.29) is 24.3 Å². The maximum atomic E-state index is 11.9. The second kappa shape index (κ2) is 5.82. The SMILES string of the molecule is CC(=O)N(CC(=O)c1ccc(Cl)cc1)C(C)C. The number of ketones is 1. The largest absolute Gasteiger partial charge is 0.333 e. The molecule has 0 radical (unpaired) electrons. The summed E-state index contributed by atoms with van der Waals surface area (Å²) in [5.41, 5.74) is 0.571. The third-order valence-corrected chi connectivity index (χ3v) is 2.76. The number of hydrogen-bond donors (Lipinski definition) is 0. The molecule has 3 nitrogen and oxygen atoms in total. The van der Waals surface area contributed by atoms with E-state index in [1.54, 1.807) is 24.3 Å². The Morgan fingerprint density at radius 3 is 2.18 bits per heavy atom. The van der Waals surface area contributed by atoms with Crippen molar-refractivity contribution in [2.24, 2.45) is 0 Å².